The van der Waals surface area contributed by atoms with Gasteiger partial charge in [-0.1, -0.05) is 25.5 Å². The zero-order chi connectivity index (χ0) is 26.0. The number of fused-ring (bicyclic) bond motifs is 5. The second-order valence-electron chi connectivity index (χ2n) is 11.8. The Balaban J connectivity index is 1.36. The minimum Gasteiger partial charge on any atom is -0.406 e. The first-order chi connectivity index (χ1) is 16.8. The van der Waals surface area contributed by atoms with Gasteiger partial charge in [-0.2, -0.15) is 0 Å². The summed E-state index contributed by atoms with van der Waals surface area (Å²) in [5.41, 5.74) is 2.65. The highest BCUT2D eigenvalue weighted by Crippen LogP contribution is 2.66. The maximum Gasteiger partial charge on any atom is 0.573 e. The van der Waals surface area contributed by atoms with Gasteiger partial charge in [0.05, 0.1) is 0 Å². The average Bonchev–Trinajstić information content (AvgIpc) is 3.13. The Morgan fingerprint density at radius 3 is 2.61 bits per heavy atom. The number of ether oxygens (including phenoxy) is 1. The fourth-order valence-electron chi connectivity index (χ4n) is 8.54. The predicted molar refractivity (Wildman–Crippen MR) is 130 cm³/mol. The number of halogens is 3. The lowest BCUT2D eigenvalue weighted by Crippen LogP contribution is -2.54. The lowest BCUT2D eigenvalue weighted by Gasteiger charge is -2.59. The molecule has 0 aromatic heterocycles. The van der Waals surface area contributed by atoms with Gasteiger partial charge < -0.3 is 15.0 Å². The van der Waals surface area contributed by atoms with Crippen molar-refractivity contribution in [2.24, 2.45) is 34.5 Å². The minimum absolute atomic E-state index is 0.0176. The van der Waals surface area contributed by atoms with E-state index in [2.05, 4.69) is 30.8 Å². The normalized spacial score (nSPS) is 36.2. The molecule has 2 amide bonds. The van der Waals surface area contributed by atoms with Gasteiger partial charge in [0.1, 0.15) is 5.75 Å². The SMILES string of the molecule is CC1=C2N(C)C(=O)CC[C@]2(C)[C@@H]2CC[C@]3(C)C(C(=O)Nc4cccc(OC(F)(F)F)c4)CC[C@H]3[C@@H]2C1. The van der Waals surface area contributed by atoms with Crippen LogP contribution in [-0.2, 0) is 9.59 Å². The minimum atomic E-state index is -4.78. The number of allylic oxidation sites excluding steroid dienone is 2. The van der Waals surface area contributed by atoms with E-state index in [1.165, 1.54) is 29.5 Å². The molecule has 1 heterocycles. The second-order valence-corrected chi connectivity index (χ2v) is 11.8. The number of anilines is 1. The van der Waals surface area contributed by atoms with Crippen molar-refractivity contribution in [1.29, 1.82) is 0 Å². The van der Waals surface area contributed by atoms with Crippen LogP contribution >= 0.6 is 0 Å². The van der Waals surface area contributed by atoms with Crippen molar-refractivity contribution >= 4 is 17.5 Å². The van der Waals surface area contributed by atoms with Gasteiger partial charge in [0.2, 0.25) is 11.8 Å². The molecule has 1 unspecified atom stereocenters. The number of carbonyl (C=O) groups is 2. The Morgan fingerprint density at radius 1 is 1.14 bits per heavy atom. The Hall–Kier alpha value is -2.51. The molecule has 1 aromatic carbocycles. The molecule has 3 aliphatic carbocycles. The van der Waals surface area contributed by atoms with E-state index in [1.807, 2.05) is 11.9 Å². The molecule has 196 valence electrons. The number of benzene rings is 1. The summed E-state index contributed by atoms with van der Waals surface area (Å²) in [5.74, 6) is 0.903. The van der Waals surface area contributed by atoms with E-state index < -0.39 is 6.36 Å². The summed E-state index contributed by atoms with van der Waals surface area (Å²) < 4.78 is 41.9. The maximum atomic E-state index is 13.4. The van der Waals surface area contributed by atoms with Crippen LogP contribution < -0.4 is 10.1 Å². The van der Waals surface area contributed by atoms with Gasteiger partial charge in [-0.25, -0.2) is 0 Å². The molecule has 1 aliphatic heterocycles. The predicted octanol–water partition coefficient (Wildman–Crippen LogP) is 6.52. The molecule has 1 saturated heterocycles. The summed E-state index contributed by atoms with van der Waals surface area (Å²) in [6, 6.07) is 5.48. The Bertz CT molecular complexity index is 1120. The van der Waals surface area contributed by atoms with Gasteiger partial charge in [0.25, 0.3) is 0 Å². The van der Waals surface area contributed by atoms with Gasteiger partial charge >= 0.3 is 6.36 Å². The zero-order valence-electron chi connectivity index (χ0n) is 21.4. The summed E-state index contributed by atoms with van der Waals surface area (Å²) in [5, 5.41) is 2.87. The van der Waals surface area contributed by atoms with Crippen LogP contribution in [0.4, 0.5) is 18.9 Å². The topological polar surface area (TPSA) is 58.6 Å². The summed E-state index contributed by atoms with van der Waals surface area (Å²) in [4.78, 5) is 27.8. The Labute approximate surface area is 210 Å². The molecular weight excluding hydrogens is 469 g/mol. The number of hydrogen-bond donors (Lipinski definition) is 1. The van der Waals surface area contributed by atoms with Crippen LogP contribution in [-0.4, -0.2) is 30.1 Å². The number of rotatable bonds is 3. The van der Waals surface area contributed by atoms with Crippen molar-refractivity contribution in [2.75, 3.05) is 12.4 Å². The lowest BCUT2D eigenvalue weighted by molar-refractivity contribution is -0.274. The van der Waals surface area contributed by atoms with E-state index in [0.29, 0.717) is 29.9 Å². The first-order valence-electron chi connectivity index (χ1n) is 13.0. The van der Waals surface area contributed by atoms with Crippen molar-refractivity contribution in [1.82, 2.24) is 4.90 Å². The Kier molecular flexibility index (Phi) is 5.95. The quantitative estimate of drug-likeness (QED) is 0.510. The number of alkyl halides is 3. The monoisotopic (exact) mass is 504 g/mol. The number of carbonyl (C=O) groups excluding carboxylic acids is 2. The number of amides is 2. The third kappa shape index (κ3) is 4.01. The van der Waals surface area contributed by atoms with E-state index in [4.69, 9.17) is 0 Å². The van der Waals surface area contributed by atoms with Crippen LogP contribution in [0.25, 0.3) is 0 Å². The smallest absolute Gasteiger partial charge is 0.406 e. The lowest BCUT2D eigenvalue weighted by atomic mass is 9.48. The van der Waals surface area contributed by atoms with Crippen LogP contribution in [0.1, 0.15) is 65.7 Å². The van der Waals surface area contributed by atoms with Crippen molar-refractivity contribution in [3.05, 3.63) is 35.5 Å². The third-order valence-electron chi connectivity index (χ3n) is 9.96. The van der Waals surface area contributed by atoms with Gasteiger partial charge in [-0.15, -0.1) is 13.2 Å². The van der Waals surface area contributed by atoms with Crippen LogP contribution in [0, 0.1) is 34.5 Å². The highest BCUT2D eigenvalue weighted by atomic mass is 19.4. The van der Waals surface area contributed by atoms with Crippen molar-refractivity contribution in [3.8, 4) is 5.75 Å². The molecule has 5 rings (SSSR count). The van der Waals surface area contributed by atoms with Crippen LogP contribution in [0.5, 0.6) is 5.75 Å². The Morgan fingerprint density at radius 2 is 1.89 bits per heavy atom. The molecule has 1 aromatic rings. The van der Waals surface area contributed by atoms with E-state index in [-0.39, 0.29) is 34.3 Å². The standard InChI is InChI=1S/C28H35F3N2O3/c1-16-14-19-20-8-9-22(25(35)32-17-6-5-7-18(15-17)36-28(29,30)31)26(20,2)12-10-21(19)27(3)13-11-23(34)33(4)24(16)27/h5-7,15,19-22H,8-14H2,1-4H3,(H,32,35)/t19-,20-,21+,22?,26-,27+/m0/s1. The fraction of sp³-hybridized carbons (Fsp3) is 0.643. The van der Waals surface area contributed by atoms with E-state index in [9.17, 15) is 22.8 Å². The summed E-state index contributed by atoms with van der Waals surface area (Å²) in [6.07, 6.45) is 1.35. The van der Waals surface area contributed by atoms with Gasteiger partial charge in [0, 0.05) is 42.3 Å². The molecular formula is C28H35F3N2O3. The molecule has 0 bridgehead atoms. The largest absolute Gasteiger partial charge is 0.573 e. The molecule has 8 heteroatoms. The van der Waals surface area contributed by atoms with Crippen molar-refractivity contribution < 1.29 is 27.5 Å². The van der Waals surface area contributed by atoms with Gasteiger partial charge in [-0.3, -0.25) is 9.59 Å². The fourth-order valence-corrected chi connectivity index (χ4v) is 8.54. The number of piperidine rings is 1. The van der Waals surface area contributed by atoms with Gasteiger partial charge in [-0.05, 0) is 80.8 Å². The van der Waals surface area contributed by atoms with E-state index >= 15 is 0 Å². The highest BCUT2D eigenvalue weighted by Gasteiger charge is 2.61. The number of nitrogens with zero attached hydrogens (tertiary/aromatic N) is 1. The summed E-state index contributed by atoms with van der Waals surface area (Å²) in [6.45, 7) is 6.74. The van der Waals surface area contributed by atoms with E-state index in [1.54, 1.807) is 6.07 Å². The molecule has 3 fully saturated rings. The molecule has 6 atom stereocenters. The summed E-state index contributed by atoms with van der Waals surface area (Å²) >= 11 is 0. The molecule has 4 aliphatic rings. The molecule has 1 N–H and O–H groups in total. The van der Waals surface area contributed by atoms with Crippen LogP contribution in [0.3, 0.4) is 0 Å². The van der Waals surface area contributed by atoms with Crippen LogP contribution in [0.2, 0.25) is 0 Å². The second kappa shape index (κ2) is 8.52. The number of hydrogen-bond acceptors (Lipinski definition) is 3. The number of nitrogens with one attached hydrogen (secondary N) is 1. The highest BCUT2D eigenvalue weighted by molar-refractivity contribution is 5.93. The zero-order valence-corrected chi connectivity index (χ0v) is 21.4. The average molecular weight is 505 g/mol. The number of likely N-dealkylation sites (tertiary alicyclic amines) is 1. The van der Waals surface area contributed by atoms with Crippen LogP contribution in [0.15, 0.2) is 35.5 Å². The molecule has 0 spiro atoms. The molecule has 36 heavy (non-hydrogen) atoms. The third-order valence-corrected chi connectivity index (χ3v) is 9.96. The first kappa shape index (κ1) is 25.2. The summed E-state index contributed by atoms with van der Waals surface area (Å²) in [7, 11) is 1.91. The molecule has 2 saturated carbocycles. The van der Waals surface area contributed by atoms with Crippen molar-refractivity contribution in [3.63, 3.8) is 0 Å². The maximum absolute atomic E-state index is 13.4. The molecule has 5 nitrogen and oxygen atoms in total. The molecule has 0 radical (unpaired) electrons. The first-order valence-corrected chi connectivity index (χ1v) is 13.0. The van der Waals surface area contributed by atoms with Gasteiger partial charge in [0.15, 0.2) is 0 Å². The van der Waals surface area contributed by atoms with Crippen molar-refractivity contribution in [2.45, 2.75) is 72.1 Å². The van der Waals surface area contributed by atoms with E-state index in [0.717, 1.165) is 38.5 Å².